The van der Waals surface area contributed by atoms with Crippen molar-refractivity contribution in [2.24, 2.45) is 5.73 Å². The molecule has 0 saturated carbocycles. The number of ether oxygens (including phenoxy) is 1. The Kier molecular flexibility index (Phi) is 3.00. The maximum Gasteiger partial charge on any atom is 0.133 e. The van der Waals surface area contributed by atoms with Crippen LogP contribution in [0.2, 0.25) is 0 Å². The number of hydrogen-bond acceptors (Lipinski definition) is 3. The van der Waals surface area contributed by atoms with Crippen LogP contribution in [0.3, 0.4) is 0 Å². The Balaban J connectivity index is 2.33. The molecule has 0 fully saturated rings. The van der Waals surface area contributed by atoms with Gasteiger partial charge in [0.25, 0.3) is 0 Å². The minimum atomic E-state index is -1.47. The van der Waals surface area contributed by atoms with E-state index in [-0.39, 0.29) is 0 Å². The Bertz CT molecular complexity index is 657. The lowest BCUT2D eigenvalue weighted by Crippen LogP contribution is -2.44. The van der Waals surface area contributed by atoms with Crippen molar-refractivity contribution in [2.45, 2.75) is 25.2 Å². The van der Waals surface area contributed by atoms with Crippen molar-refractivity contribution in [3.8, 4) is 5.75 Å². The Morgan fingerprint density at radius 3 is 2.75 bits per heavy atom. The summed E-state index contributed by atoms with van der Waals surface area (Å²) in [6.07, 6.45) is 0. The molecular formula is C16H16FNO2. The minimum Gasteiger partial charge on any atom is -0.488 e. The van der Waals surface area contributed by atoms with Crippen LogP contribution in [0.5, 0.6) is 5.75 Å². The molecule has 2 atom stereocenters. The van der Waals surface area contributed by atoms with Crippen molar-refractivity contribution in [3.63, 3.8) is 0 Å². The van der Waals surface area contributed by atoms with E-state index < -0.39 is 17.5 Å². The summed E-state index contributed by atoms with van der Waals surface area (Å²) < 4.78 is 19.3. The summed E-state index contributed by atoms with van der Waals surface area (Å²) in [6.45, 7) is 2.03. The van der Waals surface area contributed by atoms with E-state index in [1.807, 2.05) is 24.3 Å². The number of hydrogen-bond donors (Lipinski definition) is 2. The van der Waals surface area contributed by atoms with Gasteiger partial charge in [0.1, 0.15) is 23.8 Å². The summed E-state index contributed by atoms with van der Waals surface area (Å²) >= 11 is 0. The normalized spacial score (nSPS) is 22.2. The number of fused-ring (bicyclic) bond motifs is 2. The Morgan fingerprint density at radius 2 is 2.00 bits per heavy atom. The predicted octanol–water partition coefficient (Wildman–Crippen LogP) is 2.30. The van der Waals surface area contributed by atoms with Gasteiger partial charge in [0, 0.05) is 11.6 Å². The quantitative estimate of drug-likeness (QED) is 0.838. The second kappa shape index (κ2) is 4.58. The van der Waals surface area contributed by atoms with Gasteiger partial charge in [-0.1, -0.05) is 24.3 Å². The molecule has 0 saturated heterocycles. The molecule has 0 bridgehead atoms. The molecule has 1 aliphatic heterocycles. The lowest BCUT2D eigenvalue weighted by molar-refractivity contribution is 0.0569. The Hall–Kier alpha value is -1.91. The number of aliphatic hydroxyl groups is 1. The molecule has 0 spiro atoms. The molecule has 2 aromatic carbocycles. The van der Waals surface area contributed by atoms with Gasteiger partial charge in [0.05, 0.1) is 0 Å². The van der Waals surface area contributed by atoms with Crippen molar-refractivity contribution >= 4 is 0 Å². The standard InChI is InChI=1S/C16H16FNO2/c1-10(18)16(19)13-5-3-2-4-11(13)9-20-15-7-6-12(17)8-14(15)16/h2-8,10,19H,9,18H2,1H3. The van der Waals surface area contributed by atoms with E-state index in [2.05, 4.69) is 0 Å². The molecule has 3 N–H and O–H groups in total. The Morgan fingerprint density at radius 1 is 1.25 bits per heavy atom. The van der Waals surface area contributed by atoms with Gasteiger partial charge in [-0.3, -0.25) is 0 Å². The van der Waals surface area contributed by atoms with Crippen molar-refractivity contribution in [3.05, 3.63) is 65.0 Å². The van der Waals surface area contributed by atoms with Crippen LogP contribution >= 0.6 is 0 Å². The minimum absolute atomic E-state index is 0.323. The van der Waals surface area contributed by atoms with Gasteiger partial charge in [0.2, 0.25) is 0 Å². The van der Waals surface area contributed by atoms with Crippen LogP contribution < -0.4 is 10.5 Å². The lowest BCUT2D eigenvalue weighted by Gasteiger charge is -2.33. The summed E-state index contributed by atoms with van der Waals surface area (Å²) in [4.78, 5) is 0. The van der Waals surface area contributed by atoms with E-state index in [1.165, 1.54) is 18.2 Å². The molecule has 2 unspecified atom stereocenters. The highest BCUT2D eigenvalue weighted by Gasteiger charge is 2.41. The van der Waals surface area contributed by atoms with E-state index in [1.54, 1.807) is 6.92 Å². The van der Waals surface area contributed by atoms with Gasteiger partial charge >= 0.3 is 0 Å². The van der Waals surface area contributed by atoms with Crippen molar-refractivity contribution < 1.29 is 14.2 Å². The summed E-state index contributed by atoms with van der Waals surface area (Å²) in [5.74, 6) is 0.0354. The first kappa shape index (κ1) is 13.1. The molecule has 0 aliphatic carbocycles. The molecule has 3 rings (SSSR count). The molecule has 4 heteroatoms. The highest BCUT2D eigenvalue weighted by Crippen LogP contribution is 2.42. The zero-order valence-electron chi connectivity index (χ0n) is 11.1. The molecule has 2 aromatic rings. The second-order valence-electron chi connectivity index (χ2n) is 5.14. The van der Waals surface area contributed by atoms with E-state index in [9.17, 15) is 9.50 Å². The highest BCUT2D eigenvalue weighted by atomic mass is 19.1. The topological polar surface area (TPSA) is 55.5 Å². The summed E-state index contributed by atoms with van der Waals surface area (Å²) in [5.41, 5.74) is 6.44. The van der Waals surface area contributed by atoms with Gasteiger partial charge in [0.15, 0.2) is 0 Å². The average Bonchev–Trinajstić information content (AvgIpc) is 2.56. The van der Waals surface area contributed by atoms with Crippen LogP contribution in [-0.2, 0) is 12.2 Å². The zero-order valence-corrected chi connectivity index (χ0v) is 11.1. The van der Waals surface area contributed by atoms with Crippen LogP contribution in [0.1, 0.15) is 23.6 Å². The van der Waals surface area contributed by atoms with Crippen LogP contribution in [0, 0.1) is 5.82 Å². The number of benzene rings is 2. The molecule has 0 radical (unpaired) electrons. The van der Waals surface area contributed by atoms with E-state index in [4.69, 9.17) is 10.5 Å². The summed E-state index contributed by atoms with van der Waals surface area (Å²) in [6, 6.07) is 10.9. The molecule has 104 valence electrons. The predicted molar refractivity (Wildman–Crippen MR) is 73.8 cm³/mol. The number of rotatable bonds is 1. The third-order valence-corrected chi connectivity index (χ3v) is 3.82. The van der Waals surface area contributed by atoms with Crippen molar-refractivity contribution in [1.82, 2.24) is 0 Å². The third kappa shape index (κ3) is 1.80. The fourth-order valence-corrected chi connectivity index (χ4v) is 2.74. The van der Waals surface area contributed by atoms with Crippen LogP contribution in [0.4, 0.5) is 4.39 Å². The zero-order chi connectivity index (χ0) is 14.3. The monoisotopic (exact) mass is 273 g/mol. The average molecular weight is 273 g/mol. The molecule has 3 nitrogen and oxygen atoms in total. The molecule has 1 heterocycles. The highest BCUT2D eigenvalue weighted by molar-refractivity contribution is 5.50. The van der Waals surface area contributed by atoms with E-state index in [0.29, 0.717) is 23.5 Å². The molecule has 20 heavy (non-hydrogen) atoms. The fourth-order valence-electron chi connectivity index (χ4n) is 2.74. The Labute approximate surface area is 116 Å². The lowest BCUT2D eigenvalue weighted by atomic mass is 9.79. The van der Waals surface area contributed by atoms with Gasteiger partial charge in [-0.15, -0.1) is 0 Å². The van der Waals surface area contributed by atoms with Crippen LogP contribution in [-0.4, -0.2) is 11.1 Å². The molecule has 1 aliphatic rings. The van der Waals surface area contributed by atoms with Gasteiger partial charge in [-0.25, -0.2) is 4.39 Å². The first-order valence-corrected chi connectivity index (χ1v) is 6.52. The second-order valence-corrected chi connectivity index (χ2v) is 5.14. The van der Waals surface area contributed by atoms with E-state index >= 15 is 0 Å². The third-order valence-electron chi connectivity index (χ3n) is 3.82. The van der Waals surface area contributed by atoms with Gasteiger partial charge in [-0.05, 0) is 36.2 Å². The first-order chi connectivity index (χ1) is 9.53. The number of nitrogens with two attached hydrogens (primary N) is 1. The largest absolute Gasteiger partial charge is 0.488 e. The summed E-state index contributed by atoms with van der Waals surface area (Å²) in [7, 11) is 0. The molecular weight excluding hydrogens is 257 g/mol. The summed E-state index contributed by atoms with van der Waals surface area (Å²) in [5, 5.41) is 11.2. The van der Waals surface area contributed by atoms with Gasteiger partial charge < -0.3 is 15.6 Å². The maximum atomic E-state index is 13.6. The maximum absolute atomic E-state index is 13.6. The van der Waals surface area contributed by atoms with Gasteiger partial charge in [-0.2, -0.15) is 0 Å². The van der Waals surface area contributed by atoms with Crippen LogP contribution in [0.15, 0.2) is 42.5 Å². The number of halogens is 1. The first-order valence-electron chi connectivity index (χ1n) is 6.52. The van der Waals surface area contributed by atoms with Crippen LogP contribution in [0.25, 0.3) is 0 Å². The van der Waals surface area contributed by atoms with Crippen molar-refractivity contribution in [1.29, 1.82) is 0 Å². The molecule has 0 amide bonds. The molecule has 0 aromatic heterocycles. The fraction of sp³-hybridized carbons (Fsp3) is 0.250. The van der Waals surface area contributed by atoms with E-state index in [0.717, 1.165) is 5.56 Å². The van der Waals surface area contributed by atoms with Crippen molar-refractivity contribution in [2.75, 3.05) is 0 Å². The smallest absolute Gasteiger partial charge is 0.133 e. The SMILES string of the molecule is CC(N)C1(O)c2ccccc2COc2ccc(F)cc21.